The Balaban J connectivity index is 1.39. The maximum Gasteiger partial charge on any atom is 0.323 e. The number of carbonyl (C=O) groups excluding carboxylic acids is 3. The lowest BCUT2D eigenvalue weighted by atomic mass is 9.91. The Kier molecular flexibility index (Phi) is 8.28. The van der Waals surface area contributed by atoms with Gasteiger partial charge in [-0.3, -0.25) is 9.59 Å². The molecule has 3 aromatic rings. The van der Waals surface area contributed by atoms with Crippen LogP contribution in [-0.4, -0.2) is 43.0 Å². The topological polar surface area (TPSA) is 131 Å². The smallest absolute Gasteiger partial charge is 0.323 e. The molecule has 40 heavy (non-hydrogen) atoms. The highest BCUT2D eigenvalue weighted by Gasteiger charge is 2.28. The second-order valence-corrected chi connectivity index (χ2v) is 9.56. The number of aryl methyl sites for hydroxylation is 1. The van der Waals surface area contributed by atoms with E-state index in [4.69, 9.17) is 14.5 Å². The number of aromatic amines is 1. The van der Waals surface area contributed by atoms with E-state index in [-0.39, 0.29) is 11.7 Å². The first-order chi connectivity index (χ1) is 19.5. The number of anilines is 3. The molecule has 0 bridgehead atoms. The van der Waals surface area contributed by atoms with Crippen LogP contribution in [0.25, 0.3) is 11.6 Å². The minimum Gasteiger partial charge on any atom is -0.497 e. The van der Waals surface area contributed by atoms with Crippen molar-refractivity contribution in [2.45, 2.75) is 39.0 Å². The number of hydrogen-bond acceptors (Lipinski definition) is 6. The summed E-state index contributed by atoms with van der Waals surface area (Å²) in [5.41, 5.74) is 6.18. The predicted molar refractivity (Wildman–Crippen MR) is 153 cm³/mol. The van der Waals surface area contributed by atoms with Crippen molar-refractivity contribution in [3.05, 3.63) is 70.5 Å². The maximum absolute atomic E-state index is 13.0. The van der Waals surface area contributed by atoms with Crippen molar-refractivity contribution in [1.29, 1.82) is 0 Å². The van der Waals surface area contributed by atoms with E-state index in [1.165, 1.54) is 0 Å². The summed E-state index contributed by atoms with van der Waals surface area (Å²) in [6, 6.07) is 11.8. The average Bonchev–Trinajstić information content (AvgIpc) is 3.46. The number of carbonyl (C=O) groups is 3. The van der Waals surface area contributed by atoms with Crippen molar-refractivity contribution in [1.82, 2.24) is 4.98 Å². The zero-order valence-corrected chi connectivity index (χ0v) is 22.5. The lowest BCUT2D eigenvalue weighted by Crippen LogP contribution is -2.19. The molecular formula is C30H32N4O6. The normalized spacial score (nSPS) is 15.0. The molecule has 3 amide bonds. The number of H-pyrrole nitrogens is 1. The summed E-state index contributed by atoms with van der Waals surface area (Å²) in [6.45, 7) is 2.71. The number of rotatable bonds is 10. The van der Waals surface area contributed by atoms with Gasteiger partial charge in [0.2, 0.25) is 0 Å². The van der Waals surface area contributed by atoms with Gasteiger partial charge in [-0.2, -0.15) is 0 Å². The van der Waals surface area contributed by atoms with E-state index in [9.17, 15) is 14.4 Å². The molecule has 10 heteroatoms. The third kappa shape index (κ3) is 5.93. The van der Waals surface area contributed by atoms with Gasteiger partial charge in [-0.15, -0.1) is 0 Å². The molecule has 0 unspecified atom stereocenters. The Morgan fingerprint density at radius 3 is 2.58 bits per heavy atom. The van der Waals surface area contributed by atoms with Crippen molar-refractivity contribution in [3.8, 4) is 5.75 Å². The molecule has 1 aromatic heterocycles. The standard InChI is InChI=1S/C30H32N4O6/c1-3-39-40-15-5-6-21-26(33-25-7-4-8-27(35)28(21)25)17-23-22-16-19(11-14-24(22)34-29(23)36)32-30(37)31-18-9-12-20(38-2)13-10-18/h9-14,16-17,33H,3-8,15H2,1-2H3,(H,34,36)(H2,31,32,37)/b23-17-. The highest BCUT2D eigenvalue weighted by molar-refractivity contribution is 6.35. The number of hydrogen-bond donors (Lipinski definition) is 4. The van der Waals surface area contributed by atoms with Crippen LogP contribution in [0.15, 0.2) is 42.5 Å². The lowest BCUT2D eigenvalue weighted by Gasteiger charge is -2.12. The summed E-state index contributed by atoms with van der Waals surface area (Å²) in [5.74, 6) is 0.559. The van der Waals surface area contributed by atoms with Crippen LogP contribution in [0.2, 0.25) is 0 Å². The summed E-state index contributed by atoms with van der Waals surface area (Å²) in [7, 11) is 1.58. The summed E-state index contributed by atoms with van der Waals surface area (Å²) < 4.78 is 5.15. The number of urea groups is 1. The quantitative estimate of drug-likeness (QED) is 0.114. The maximum atomic E-state index is 13.0. The molecule has 2 aromatic carbocycles. The molecule has 0 saturated heterocycles. The van der Waals surface area contributed by atoms with Gasteiger partial charge in [0.15, 0.2) is 5.78 Å². The first-order valence-electron chi connectivity index (χ1n) is 13.4. The van der Waals surface area contributed by atoms with E-state index in [0.29, 0.717) is 66.4 Å². The first kappa shape index (κ1) is 27.2. The molecule has 0 saturated carbocycles. The van der Waals surface area contributed by atoms with Gasteiger partial charge in [0, 0.05) is 46.0 Å². The molecule has 0 radical (unpaired) electrons. The van der Waals surface area contributed by atoms with Crippen LogP contribution in [0.1, 0.15) is 59.1 Å². The zero-order valence-electron chi connectivity index (χ0n) is 22.5. The van der Waals surface area contributed by atoms with Crippen molar-refractivity contribution in [3.63, 3.8) is 0 Å². The van der Waals surface area contributed by atoms with Gasteiger partial charge < -0.3 is 25.7 Å². The van der Waals surface area contributed by atoms with Crippen LogP contribution >= 0.6 is 0 Å². The number of benzene rings is 2. The molecule has 2 aliphatic rings. The van der Waals surface area contributed by atoms with E-state index < -0.39 is 6.03 Å². The SMILES string of the molecule is CCOOCCCc1c(/C=C2\C(=O)Nc3ccc(NC(=O)Nc4ccc(OC)cc4)cc32)[nH]c2c1C(=O)CCC2. The third-order valence-corrected chi connectivity index (χ3v) is 6.88. The number of amides is 3. The first-order valence-corrected chi connectivity index (χ1v) is 13.4. The van der Waals surface area contributed by atoms with Crippen molar-refractivity contribution in [2.24, 2.45) is 0 Å². The molecular weight excluding hydrogens is 512 g/mol. The molecule has 1 aliphatic heterocycles. The van der Waals surface area contributed by atoms with Crippen LogP contribution in [0.5, 0.6) is 5.75 Å². The Labute approximate surface area is 232 Å². The number of Topliss-reactive ketones (excluding diaryl/α,β-unsaturated/α-hetero) is 1. The van der Waals surface area contributed by atoms with Gasteiger partial charge in [0.1, 0.15) is 5.75 Å². The van der Waals surface area contributed by atoms with E-state index in [1.807, 2.05) is 6.92 Å². The van der Waals surface area contributed by atoms with E-state index >= 15 is 0 Å². The summed E-state index contributed by atoms with van der Waals surface area (Å²) in [5, 5.41) is 8.50. The van der Waals surface area contributed by atoms with Gasteiger partial charge in [0.25, 0.3) is 5.91 Å². The average molecular weight is 545 g/mol. The number of ketones is 1. The Bertz CT molecular complexity index is 1460. The van der Waals surface area contributed by atoms with Gasteiger partial charge in [-0.05, 0) is 86.7 Å². The molecule has 10 nitrogen and oxygen atoms in total. The minimum absolute atomic E-state index is 0.119. The van der Waals surface area contributed by atoms with Crippen LogP contribution < -0.4 is 20.7 Å². The minimum atomic E-state index is -0.417. The van der Waals surface area contributed by atoms with Crippen LogP contribution in [-0.2, 0) is 27.4 Å². The molecule has 2 heterocycles. The molecule has 1 aliphatic carbocycles. The summed E-state index contributed by atoms with van der Waals surface area (Å²) in [4.78, 5) is 52.0. The molecule has 0 fully saturated rings. The van der Waals surface area contributed by atoms with Gasteiger partial charge in [-0.1, -0.05) is 0 Å². The number of fused-ring (bicyclic) bond motifs is 2. The van der Waals surface area contributed by atoms with Gasteiger partial charge in [0.05, 0.1) is 25.9 Å². The fraction of sp³-hybridized carbons (Fsp3) is 0.300. The second kappa shape index (κ2) is 12.2. The Hall–Kier alpha value is -4.41. The number of methoxy groups -OCH3 is 1. The van der Waals surface area contributed by atoms with E-state index in [0.717, 1.165) is 35.4 Å². The fourth-order valence-corrected chi connectivity index (χ4v) is 5.05. The number of ether oxygens (including phenoxy) is 1. The van der Waals surface area contributed by atoms with Gasteiger partial charge in [-0.25, -0.2) is 14.6 Å². The largest absolute Gasteiger partial charge is 0.497 e. The fourth-order valence-electron chi connectivity index (χ4n) is 5.05. The Morgan fingerprint density at radius 1 is 1.02 bits per heavy atom. The van der Waals surface area contributed by atoms with Crippen molar-refractivity contribution >= 4 is 46.4 Å². The van der Waals surface area contributed by atoms with Crippen LogP contribution in [0.3, 0.4) is 0 Å². The molecule has 208 valence electrons. The molecule has 5 rings (SSSR count). The second-order valence-electron chi connectivity index (χ2n) is 9.56. The highest BCUT2D eigenvalue weighted by atomic mass is 17.2. The van der Waals surface area contributed by atoms with Crippen molar-refractivity contribution in [2.75, 3.05) is 36.3 Å². The monoisotopic (exact) mass is 544 g/mol. The van der Waals surface area contributed by atoms with Crippen LogP contribution in [0, 0.1) is 0 Å². The number of nitrogens with one attached hydrogen (secondary N) is 4. The van der Waals surface area contributed by atoms with Gasteiger partial charge >= 0.3 is 6.03 Å². The summed E-state index contributed by atoms with van der Waals surface area (Å²) in [6.07, 6.45) is 5.16. The third-order valence-electron chi connectivity index (χ3n) is 6.88. The zero-order chi connectivity index (χ0) is 28.1. The predicted octanol–water partition coefficient (Wildman–Crippen LogP) is 5.58. The van der Waals surface area contributed by atoms with Crippen LogP contribution in [0.4, 0.5) is 21.9 Å². The van der Waals surface area contributed by atoms with Crippen molar-refractivity contribution < 1.29 is 28.9 Å². The summed E-state index contributed by atoms with van der Waals surface area (Å²) >= 11 is 0. The Morgan fingerprint density at radius 2 is 1.80 bits per heavy atom. The van der Waals surface area contributed by atoms with E-state index in [1.54, 1.807) is 55.7 Å². The molecule has 0 atom stereocenters. The highest BCUT2D eigenvalue weighted by Crippen LogP contribution is 2.37. The number of aromatic nitrogens is 1. The molecule has 4 N–H and O–H groups in total. The molecule has 0 spiro atoms. The lowest BCUT2D eigenvalue weighted by molar-refractivity contribution is -0.291. The van der Waals surface area contributed by atoms with E-state index in [2.05, 4.69) is 20.9 Å².